The standard InChI is InChI=1S/C12H25NO7/c1-9(18-6-4-15)7-11(13)20-12(16)19-10(2)8-17-5-3-14/h9-11,14-15H,3-8,13H2,1-2H3. The predicted octanol–water partition coefficient (Wildman–Crippen LogP) is -0.391. The SMILES string of the molecule is CC(CC(N)OC(=O)OC(C)COCCO)OCCO. The smallest absolute Gasteiger partial charge is 0.429 e. The van der Waals surface area contributed by atoms with Crippen LogP contribution in [0.25, 0.3) is 0 Å². The van der Waals surface area contributed by atoms with Crippen LogP contribution in [0.5, 0.6) is 0 Å². The quantitative estimate of drug-likeness (QED) is 0.268. The molecular formula is C12H25NO7. The van der Waals surface area contributed by atoms with Crippen molar-refractivity contribution >= 4 is 6.16 Å². The molecule has 0 aromatic heterocycles. The lowest BCUT2D eigenvalue weighted by Crippen LogP contribution is -2.33. The normalized spacial score (nSPS) is 15.4. The van der Waals surface area contributed by atoms with Gasteiger partial charge in [0, 0.05) is 6.42 Å². The van der Waals surface area contributed by atoms with Crippen LogP contribution in [0.15, 0.2) is 0 Å². The van der Waals surface area contributed by atoms with Gasteiger partial charge < -0.3 is 29.2 Å². The molecule has 0 bridgehead atoms. The van der Waals surface area contributed by atoms with Crippen LogP contribution in [0.3, 0.4) is 0 Å². The molecule has 0 heterocycles. The Morgan fingerprint density at radius 2 is 1.75 bits per heavy atom. The summed E-state index contributed by atoms with van der Waals surface area (Å²) in [5, 5.41) is 17.1. The number of ether oxygens (including phenoxy) is 4. The van der Waals surface area contributed by atoms with Gasteiger partial charge >= 0.3 is 6.16 Å². The number of carbonyl (C=O) groups excluding carboxylic acids is 1. The number of aliphatic hydroxyl groups excluding tert-OH is 2. The van der Waals surface area contributed by atoms with Crippen molar-refractivity contribution in [3.05, 3.63) is 0 Å². The maximum absolute atomic E-state index is 11.4. The molecule has 0 aliphatic heterocycles. The van der Waals surface area contributed by atoms with Gasteiger partial charge in [-0.25, -0.2) is 4.79 Å². The molecule has 0 rings (SSSR count). The molecule has 8 heteroatoms. The Labute approximate surface area is 118 Å². The first-order chi connectivity index (χ1) is 9.49. The fraction of sp³-hybridized carbons (Fsp3) is 0.917. The van der Waals surface area contributed by atoms with Crippen LogP contribution >= 0.6 is 0 Å². The van der Waals surface area contributed by atoms with E-state index in [-0.39, 0.29) is 39.1 Å². The fourth-order valence-corrected chi connectivity index (χ4v) is 1.36. The van der Waals surface area contributed by atoms with Gasteiger partial charge in [0.15, 0.2) is 6.23 Å². The average molecular weight is 295 g/mol. The third kappa shape index (κ3) is 10.9. The van der Waals surface area contributed by atoms with E-state index >= 15 is 0 Å². The van der Waals surface area contributed by atoms with E-state index in [0.29, 0.717) is 6.42 Å². The second kappa shape index (κ2) is 11.9. The third-order valence-corrected chi connectivity index (χ3v) is 2.19. The molecule has 4 N–H and O–H groups in total. The molecule has 0 saturated carbocycles. The summed E-state index contributed by atoms with van der Waals surface area (Å²) in [6.07, 6.45) is -2.17. The Kier molecular flexibility index (Phi) is 11.3. The molecule has 3 unspecified atom stereocenters. The van der Waals surface area contributed by atoms with Crippen molar-refractivity contribution in [1.29, 1.82) is 0 Å². The van der Waals surface area contributed by atoms with E-state index in [4.69, 9.17) is 34.9 Å². The summed E-state index contributed by atoms with van der Waals surface area (Å²) in [6.45, 7) is 3.79. The first-order valence-electron chi connectivity index (χ1n) is 6.53. The molecule has 0 aliphatic carbocycles. The fourth-order valence-electron chi connectivity index (χ4n) is 1.36. The molecule has 20 heavy (non-hydrogen) atoms. The van der Waals surface area contributed by atoms with E-state index in [0.717, 1.165) is 0 Å². The highest BCUT2D eigenvalue weighted by molar-refractivity contribution is 5.60. The van der Waals surface area contributed by atoms with Crippen molar-refractivity contribution in [2.24, 2.45) is 5.73 Å². The third-order valence-electron chi connectivity index (χ3n) is 2.19. The van der Waals surface area contributed by atoms with Crippen LogP contribution in [0, 0.1) is 0 Å². The Hall–Kier alpha value is -0.930. The van der Waals surface area contributed by atoms with E-state index < -0.39 is 18.5 Å². The van der Waals surface area contributed by atoms with Gasteiger partial charge in [0.05, 0.1) is 39.1 Å². The van der Waals surface area contributed by atoms with Gasteiger partial charge in [-0.15, -0.1) is 0 Å². The lowest BCUT2D eigenvalue weighted by Gasteiger charge is -2.19. The topological polar surface area (TPSA) is 120 Å². The molecule has 0 aromatic rings. The second-order valence-corrected chi connectivity index (χ2v) is 4.27. The minimum atomic E-state index is -0.882. The summed E-state index contributed by atoms with van der Waals surface area (Å²) >= 11 is 0. The summed E-state index contributed by atoms with van der Waals surface area (Å²) in [5.74, 6) is 0. The molecule has 0 aliphatic rings. The Balaban J connectivity index is 3.77. The lowest BCUT2D eigenvalue weighted by atomic mass is 10.2. The van der Waals surface area contributed by atoms with Crippen molar-refractivity contribution in [2.75, 3.05) is 33.0 Å². The zero-order valence-electron chi connectivity index (χ0n) is 12.0. The minimum Gasteiger partial charge on any atom is -0.429 e. The summed E-state index contributed by atoms with van der Waals surface area (Å²) in [7, 11) is 0. The van der Waals surface area contributed by atoms with Crippen molar-refractivity contribution in [2.45, 2.75) is 38.7 Å². The van der Waals surface area contributed by atoms with Crippen LogP contribution in [-0.4, -0.2) is 67.8 Å². The maximum atomic E-state index is 11.4. The average Bonchev–Trinajstić information content (AvgIpc) is 2.36. The largest absolute Gasteiger partial charge is 0.510 e. The summed E-state index contributed by atoms with van der Waals surface area (Å²) in [6, 6.07) is 0. The van der Waals surface area contributed by atoms with Crippen LogP contribution in [0.1, 0.15) is 20.3 Å². The molecule has 0 aromatic carbocycles. The van der Waals surface area contributed by atoms with Crippen molar-refractivity contribution in [3.63, 3.8) is 0 Å². The van der Waals surface area contributed by atoms with Gasteiger partial charge in [0.1, 0.15) is 6.10 Å². The van der Waals surface area contributed by atoms with Crippen molar-refractivity contribution in [1.82, 2.24) is 0 Å². The second-order valence-electron chi connectivity index (χ2n) is 4.27. The van der Waals surface area contributed by atoms with Gasteiger partial charge in [-0.3, -0.25) is 5.73 Å². The van der Waals surface area contributed by atoms with Gasteiger partial charge in [-0.1, -0.05) is 0 Å². The molecule has 0 fully saturated rings. The van der Waals surface area contributed by atoms with Gasteiger partial charge in [0.2, 0.25) is 0 Å². The molecule has 0 radical (unpaired) electrons. The van der Waals surface area contributed by atoms with Crippen molar-refractivity contribution in [3.8, 4) is 0 Å². The molecule has 0 amide bonds. The van der Waals surface area contributed by atoms with Crippen LogP contribution in [0.4, 0.5) is 4.79 Å². The van der Waals surface area contributed by atoms with Crippen molar-refractivity contribution < 1.29 is 34.0 Å². The van der Waals surface area contributed by atoms with Gasteiger partial charge in [0.25, 0.3) is 0 Å². The lowest BCUT2D eigenvalue weighted by molar-refractivity contribution is -0.0417. The summed E-state index contributed by atoms with van der Waals surface area (Å²) < 4.78 is 19.9. The first-order valence-corrected chi connectivity index (χ1v) is 6.53. The Morgan fingerprint density at radius 3 is 2.35 bits per heavy atom. The number of rotatable bonds is 11. The number of aliphatic hydroxyl groups is 2. The maximum Gasteiger partial charge on any atom is 0.510 e. The van der Waals surface area contributed by atoms with Crippen LogP contribution in [-0.2, 0) is 18.9 Å². The molecular weight excluding hydrogens is 270 g/mol. The highest BCUT2D eigenvalue weighted by Crippen LogP contribution is 2.04. The van der Waals surface area contributed by atoms with E-state index in [2.05, 4.69) is 0 Å². The minimum absolute atomic E-state index is 0.0756. The Morgan fingerprint density at radius 1 is 1.10 bits per heavy atom. The van der Waals surface area contributed by atoms with E-state index in [1.807, 2.05) is 0 Å². The molecule has 8 nitrogen and oxygen atoms in total. The van der Waals surface area contributed by atoms with Gasteiger partial charge in [-0.2, -0.15) is 0 Å². The predicted molar refractivity (Wildman–Crippen MR) is 70.0 cm³/mol. The van der Waals surface area contributed by atoms with Crippen LogP contribution < -0.4 is 5.73 Å². The molecule has 120 valence electrons. The molecule has 0 spiro atoms. The summed E-state index contributed by atoms with van der Waals surface area (Å²) in [5.41, 5.74) is 5.61. The van der Waals surface area contributed by atoms with Gasteiger partial charge in [-0.05, 0) is 13.8 Å². The highest BCUT2D eigenvalue weighted by Gasteiger charge is 2.17. The number of nitrogens with two attached hydrogens (primary N) is 1. The number of carbonyl (C=O) groups is 1. The summed E-state index contributed by atoms with van der Waals surface area (Å²) in [4.78, 5) is 11.4. The first kappa shape index (κ1) is 19.1. The monoisotopic (exact) mass is 295 g/mol. The highest BCUT2D eigenvalue weighted by atomic mass is 16.7. The zero-order valence-corrected chi connectivity index (χ0v) is 12.0. The van der Waals surface area contributed by atoms with Crippen LogP contribution in [0.2, 0.25) is 0 Å². The van der Waals surface area contributed by atoms with E-state index in [9.17, 15) is 4.79 Å². The van der Waals surface area contributed by atoms with E-state index in [1.165, 1.54) is 0 Å². The Bertz CT molecular complexity index is 252. The number of hydrogen-bond donors (Lipinski definition) is 3. The zero-order chi connectivity index (χ0) is 15.4. The molecule has 0 saturated heterocycles. The molecule has 3 atom stereocenters. The van der Waals surface area contributed by atoms with E-state index in [1.54, 1.807) is 13.8 Å². The number of hydrogen-bond acceptors (Lipinski definition) is 8.